The predicted octanol–water partition coefficient (Wildman–Crippen LogP) is 3.94. The van der Waals surface area contributed by atoms with Crippen LogP contribution in [0.2, 0.25) is 0 Å². The van der Waals surface area contributed by atoms with Gasteiger partial charge in [-0.1, -0.05) is 12.1 Å². The van der Waals surface area contributed by atoms with Crippen LogP contribution < -0.4 is 4.72 Å². The Morgan fingerprint density at radius 2 is 1.80 bits per heavy atom. The van der Waals surface area contributed by atoms with Gasteiger partial charge in [0.2, 0.25) is 0 Å². The van der Waals surface area contributed by atoms with Crippen LogP contribution in [0.5, 0.6) is 0 Å². The molecule has 0 radical (unpaired) electrons. The van der Waals surface area contributed by atoms with Crippen LogP contribution in [0.15, 0.2) is 56.1 Å². The van der Waals surface area contributed by atoms with E-state index in [1.54, 1.807) is 40.2 Å². The zero-order valence-corrected chi connectivity index (χ0v) is 13.5. The van der Waals surface area contributed by atoms with Crippen LogP contribution in [-0.2, 0) is 10.0 Å². The second-order valence-electron chi connectivity index (χ2n) is 4.06. The van der Waals surface area contributed by atoms with Crippen LogP contribution in [-0.4, -0.2) is 8.42 Å². The summed E-state index contributed by atoms with van der Waals surface area (Å²) in [5.74, 6) is 0. The minimum atomic E-state index is -3.49. The first-order valence-electron chi connectivity index (χ1n) is 5.78. The van der Waals surface area contributed by atoms with Crippen LogP contribution in [0.4, 0.5) is 0 Å². The molecule has 104 valence electrons. The highest BCUT2D eigenvalue weighted by Crippen LogP contribution is 2.29. The molecule has 3 aromatic heterocycles. The van der Waals surface area contributed by atoms with E-state index in [2.05, 4.69) is 4.72 Å². The molecule has 0 amide bonds. The normalized spacial score (nSPS) is 13.4. The molecule has 1 N–H and O–H groups in total. The number of nitrogens with one attached hydrogen (secondary N) is 1. The molecule has 3 nitrogen and oxygen atoms in total. The Balaban J connectivity index is 1.96. The maximum atomic E-state index is 12.4. The molecule has 20 heavy (non-hydrogen) atoms. The summed E-state index contributed by atoms with van der Waals surface area (Å²) in [6.45, 7) is 0. The maximum absolute atomic E-state index is 12.4. The molecule has 0 spiro atoms. The fourth-order valence-electron chi connectivity index (χ4n) is 1.81. The highest BCUT2D eigenvalue weighted by molar-refractivity contribution is 7.91. The van der Waals surface area contributed by atoms with Crippen molar-refractivity contribution in [2.24, 2.45) is 0 Å². The standard InChI is InChI=1S/C13H11NO2S4/c15-20(16,12-4-2-7-19-12)14-13(10-5-8-17-9-10)11-3-1-6-18-11/h1-9,13-14H. The van der Waals surface area contributed by atoms with Crippen molar-refractivity contribution in [1.29, 1.82) is 0 Å². The fraction of sp³-hybridized carbons (Fsp3) is 0.0769. The monoisotopic (exact) mass is 341 g/mol. The Bertz CT molecular complexity index is 709. The van der Waals surface area contributed by atoms with Gasteiger partial charge >= 0.3 is 0 Å². The summed E-state index contributed by atoms with van der Waals surface area (Å²) < 4.78 is 27.9. The first kappa shape index (κ1) is 14.0. The number of hydrogen-bond donors (Lipinski definition) is 1. The SMILES string of the molecule is O=S(=O)(NC(c1ccsc1)c1cccs1)c1cccs1. The zero-order chi connectivity index (χ0) is 14.0. The second kappa shape index (κ2) is 5.79. The van der Waals surface area contributed by atoms with Gasteiger partial charge in [-0.15, -0.1) is 22.7 Å². The average Bonchev–Trinajstić information content (AvgIpc) is 3.16. The summed E-state index contributed by atoms with van der Waals surface area (Å²) in [6, 6.07) is 8.86. The number of rotatable bonds is 5. The van der Waals surface area contributed by atoms with Crippen molar-refractivity contribution in [2.75, 3.05) is 0 Å². The minimum Gasteiger partial charge on any atom is -0.206 e. The van der Waals surface area contributed by atoms with Crippen molar-refractivity contribution < 1.29 is 8.42 Å². The van der Waals surface area contributed by atoms with Gasteiger partial charge in [0.15, 0.2) is 0 Å². The molecule has 0 saturated carbocycles. The van der Waals surface area contributed by atoms with E-state index in [1.807, 2.05) is 34.3 Å². The van der Waals surface area contributed by atoms with Crippen LogP contribution in [0.3, 0.4) is 0 Å². The van der Waals surface area contributed by atoms with Crippen molar-refractivity contribution in [3.63, 3.8) is 0 Å². The lowest BCUT2D eigenvalue weighted by Gasteiger charge is -2.16. The van der Waals surface area contributed by atoms with Crippen LogP contribution >= 0.6 is 34.0 Å². The molecule has 0 saturated heterocycles. The van der Waals surface area contributed by atoms with Crippen LogP contribution in [0, 0.1) is 0 Å². The first-order chi connectivity index (χ1) is 9.67. The highest BCUT2D eigenvalue weighted by atomic mass is 32.2. The quantitative estimate of drug-likeness (QED) is 0.764. The Morgan fingerprint density at radius 3 is 2.40 bits per heavy atom. The lowest BCUT2D eigenvalue weighted by molar-refractivity contribution is 0.575. The average molecular weight is 342 g/mol. The van der Waals surface area contributed by atoms with Gasteiger partial charge in [0.05, 0.1) is 6.04 Å². The molecule has 0 aliphatic carbocycles. The Kier molecular flexibility index (Phi) is 4.04. The lowest BCUT2D eigenvalue weighted by Crippen LogP contribution is -2.28. The van der Waals surface area contributed by atoms with Gasteiger partial charge in [-0.25, -0.2) is 8.42 Å². The number of hydrogen-bond acceptors (Lipinski definition) is 5. The molecule has 0 bridgehead atoms. The third-order valence-electron chi connectivity index (χ3n) is 2.74. The molecular weight excluding hydrogens is 330 g/mol. The van der Waals surface area contributed by atoms with Gasteiger partial charge in [0.1, 0.15) is 4.21 Å². The van der Waals surface area contributed by atoms with E-state index in [1.165, 1.54) is 11.3 Å². The summed E-state index contributed by atoms with van der Waals surface area (Å²) in [5.41, 5.74) is 0.970. The summed E-state index contributed by atoms with van der Waals surface area (Å²) in [4.78, 5) is 0.989. The van der Waals surface area contributed by atoms with E-state index in [0.29, 0.717) is 4.21 Å². The number of sulfonamides is 1. The van der Waals surface area contributed by atoms with Crippen molar-refractivity contribution in [3.05, 3.63) is 62.3 Å². The van der Waals surface area contributed by atoms with Crippen molar-refractivity contribution in [2.45, 2.75) is 10.3 Å². The Hall–Kier alpha value is -0.990. The topological polar surface area (TPSA) is 46.2 Å². The zero-order valence-electron chi connectivity index (χ0n) is 10.2. The third kappa shape index (κ3) is 2.87. The highest BCUT2D eigenvalue weighted by Gasteiger charge is 2.24. The van der Waals surface area contributed by atoms with E-state index in [0.717, 1.165) is 10.4 Å². The molecule has 3 aromatic rings. The molecule has 3 heterocycles. The van der Waals surface area contributed by atoms with Crippen molar-refractivity contribution in [1.82, 2.24) is 4.72 Å². The largest absolute Gasteiger partial charge is 0.250 e. The molecule has 0 aliphatic heterocycles. The van der Waals surface area contributed by atoms with Gasteiger partial charge < -0.3 is 0 Å². The summed E-state index contributed by atoms with van der Waals surface area (Å²) in [6.07, 6.45) is 0. The summed E-state index contributed by atoms with van der Waals surface area (Å²) in [5, 5.41) is 7.64. The van der Waals surface area contributed by atoms with Crippen LogP contribution in [0.25, 0.3) is 0 Å². The molecule has 3 rings (SSSR count). The van der Waals surface area contributed by atoms with Crippen molar-refractivity contribution in [3.8, 4) is 0 Å². The molecule has 1 atom stereocenters. The van der Waals surface area contributed by atoms with Gasteiger partial charge in [0.25, 0.3) is 10.0 Å². The summed E-state index contributed by atoms with van der Waals surface area (Å²) >= 11 is 4.33. The van der Waals surface area contributed by atoms with Crippen molar-refractivity contribution >= 4 is 44.0 Å². The van der Waals surface area contributed by atoms with Gasteiger partial charge in [0, 0.05) is 4.88 Å². The van der Waals surface area contributed by atoms with E-state index in [9.17, 15) is 8.42 Å². The molecule has 0 fully saturated rings. The number of thiophene rings is 3. The maximum Gasteiger partial charge on any atom is 0.250 e. The predicted molar refractivity (Wildman–Crippen MR) is 85.1 cm³/mol. The summed E-state index contributed by atoms with van der Waals surface area (Å²) in [7, 11) is -3.49. The van der Waals surface area contributed by atoms with E-state index < -0.39 is 10.0 Å². The molecular formula is C13H11NO2S4. The van der Waals surface area contributed by atoms with Gasteiger partial charge in [-0.2, -0.15) is 16.1 Å². The van der Waals surface area contributed by atoms with Crippen LogP contribution in [0.1, 0.15) is 16.5 Å². The smallest absolute Gasteiger partial charge is 0.206 e. The second-order valence-corrected chi connectivity index (χ2v) is 8.71. The molecule has 1 unspecified atom stereocenters. The fourth-order valence-corrected chi connectivity index (χ4v) is 5.59. The minimum absolute atomic E-state index is 0.326. The van der Waals surface area contributed by atoms with Gasteiger partial charge in [-0.3, -0.25) is 0 Å². The van der Waals surface area contributed by atoms with Gasteiger partial charge in [-0.05, 0) is 45.3 Å². The lowest BCUT2D eigenvalue weighted by atomic mass is 10.1. The van der Waals surface area contributed by atoms with E-state index >= 15 is 0 Å². The Labute approximate surface area is 129 Å². The van der Waals surface area contributed by atoms with E-state index in [-0.39, 0.29) is 6.04 Å². The first-order valence-corrected chi connectivity index (χ1v) is 9.97. The molecule has 0 aromatic carbocycles. The molecule has 7 heteroatoms. The Morgan fingerprint density at radius 1 is 1.00 bits per heavy atom. The van der Waals surface area contributed by atoms with E-state index in [4.69, 9.17) is 0 Å². The third-order valence-corrected chi connectivity index (χ3v) is 7.20. The molecule has 0 aliphatic rings.